The van der Waals surface area contributed by atoms with E-state index in [4.69, 9.17) is 0 Å². The summed E-state index contributed by atoms with van der Waals surface area (Å²) in [4.78, 5) is 11.8. The van der Waals surface area contributed by atoms with Gasteiger partial charge in [-0.2, -0.15) is 0 Å². The molecule has 0 saturated heterocycles. The van der Waals surface area contributed by atoms with Crippen LogP contribution in [0.4, 0.5) is 10.1 Å². The first-order chi connectivity index (χ1) is 9.56. The van der Waals surface area contributed by atoms with Crippen LogP contribution in [0.25, 0.3) is 6.08 Å². The highest BCUT2D eigenvalue weighted by Gasteiger charge is 2.03. The first-order valence-electron chi connectivity index (χ1n) is 6.06. The maximum Gasteiger partial charge on any atom is 0.248 e. The molecule has 0 aromatic heterocycles. The number of anilines is 1. The van der Waals surface area contributed by atoms with Gasteiger partial charge in [-0.25, -0.2) is 4.39 Å². The standard InChI is InChI=1S/C16H13BrFNO/c1-11-6-8-13(18)10-15(11)19-16(20)9-7-12-4-2-3-5-14(12)17/h2-10H,1H3,(H,19,20). The summed E-state index contributed by atoms with van der Waals surface area (Å²) in [5.41, 5.74) is 2.19. The van der Waals surface area contributed by atoms with Crippen LogP contribution in [-0.2, 0) is 4.79 Å². The van der Waals surface area contributed by atoms with Crippen LogP contribution in [0.1, 0.15) is 11.1 Å². The third-order valence-electron chi connectivity index (χ3n) is 2.78. The van der Waals surface area contributed by atoms with E-state index >= 15 is 0 Å². The molecule has 2 aromatic carbocycles. The van der Waals surface area contributed by atoms with Crippen LogP contribution >= 0.6 is 15.9 Å². The molecule has 102 valence electrons. The number of nitrogens with one attached hydrogen (secondary N) is 1. The molecule has 0 aliphatic heterocycles. The Labute approximate surface area is 125 Å². The third kappa shape index (κ3) is 3.78. The number of carbonyl (C=O) groups excluding carboxylic acids is 1. The second-order valence-corrected chi connectivity index (χ2v) is 5.16. The predicted octanol–water partition coefficient (Wildman–Crippen LogP) is 4.55. The van der Waals surface area contributed by atoms with E-state index in [1.54, 1.807) is 12.1 Å². The highest BCUT2D eigenvalue weighted by Crippen LogP contribution is 2.18. The van der Waals surface area contributed by atoms with Crippen LogP contribution in [0.2, 0.25) is 0 Å². The Morgan fingerprint density at radius 3 is 2.75 bits per heavy atom. The number of rotatable bonds is 3. The summed E-state index contributed by atoms with van der Waals surface area (Å²) in [5, 5.41) is 2.66. The Morgan fingerprint density at radius 1 is 1.25 bits per heavy atom. The summed E-state index contributed by atoms with van der Waals surface area (Å²) in [7, 11) is 0. The van der Waals surface area contributed by atoms with Crippen LogP contribution in [0.5, 0.6) is 0 Å². The smallest absolute Gasteiger partial charge is 0.248 e. The van der Waals surface area contributed by atoms with Gasteiger partial charge in [-0.3, -0.25) is 4.79 Å². The van der Waals surface area contributed by atoms with Gasteiger partial charge in [-0.05, 0) is 42.3 Å². The SMILES string of the molecule is Cc1ccc(F)cc1NC(=O)C=Cc1ccccc1Br. The quantitative estimate of drug-likeness (QED) is 0.820. The van der Waals surface area contributed by atoms with Gasteiger partial charge < -0.3 is 5.32 Å². The lowest BCUT2D eigenvalue weighted by molar-refractivity contribution is -0.111. The van der Waals surface area contributed by atoms with Gasteiger partial charge in [0, 0.05) is 16.2 Å². The molecule has 0 saturated carbocycles. The Kier molecular flexibility index (Phi) is 4.69. The molecular formula is C16H13BrFNO. The van der Waals surface area contributed by atoms with Crippen molar-refractivity contribution in [3.05, 3.63) is 70.0 Å². The molecule has 1 amide bonds. The van der Waals surface area contributed by atoms with Crippen molar-refractivity contribution in [3.63, 3.8) is 0 Å². The molecule has 0 atom stereocenters. The van der Waals surface area contributed by atoms with Crippen molar-refractivity contribution in [2.24, 2.45) is 0 Å². The van der Waals surface area contributed by atoms with Crippen LogP contribution < -0.4 is 5.32 Å². The number of aryl methyl sites for hydroxylation is 1. The zero-order valence-corrected chi connectivity index (χ0v) is 12.4. The molecule has 20 heavy (non-hydrogen) atoms. The van der Waals surface area contributed by atoms with Gasteiger partial charge in [0.05, 0.1) is 0 Å². The van der Waals surface area contributed by atoms with Crippen molar-refractivity contribution < 1.29 is 9.18 Å². The number of carbonyl (C=O) groups is 1. The van der Waals surface area contributed by atoms with Gasteiger partial charge in [0.1, 0.15) is 5.82 Å². The molecule has 1 N–H and O–H groups in total. The first-order valence-corrected chi connectivity index (χ1v) is 6.85. The van der Waals surface area contributed by atoms with Gasteiger partial charge in [0.25, 0.3) is 0 Å². The fourth-order valence-corrected chi connectivity index (χ4v) is 2.10. The molecular weight excluding hydrogens is 321 g/mol. The van der Waals surface area contributed by atoms with Gasteiger partial charge in [-0.15, -0.1) is 0 Å². The number of amides is 1. The van der Waals surface area contributed by atoms with Gasteiger partial charge in [0.15, 0.2) is 0 Å². The summed E-state index contributed by atoms with van der Waals surface area (Å²) in [5.74, 6) is -0.671. The number of halogens is 2. The number of hydrogen-bond acceptors (Lipinski definition) is 1. The van der Waals surface area contributed by atoms with E-state index in [2.05, 4.69) is 21.2 Å². The molecule has 4 heteroatoms. The van der Waals surface area contributed by atoms with Crippen LogP contribution in [0.15, 0.2) is 53.0 Å². The minimum atomic E-state index is -0.374. The fraction of sp³-hybridized carbons (Fsp3) is 0.0625. The predicted molar refractivity (Wildman–Crippen MR) is 82.9 cm³/mol. The van der Waals surface area contributed by atoms with Gasteiger partial charge in [-0.1, -0.05) is 40.2 Å². The van der Waals surface area contributed by atoms with Crippen molar-refractivity contribution in [3.8, 4) is 0 Å². The lowest BCUT2D eigenvalue weighted by atomic mass is 10.2. The monoisotopic (exact) mass is 333 g/mol. The summed E-state index contributed by atoms with van der Waals surface area (Å²) < 4.78 is 14.0. The lowest BCUT2D eigenvalue weighted by Crippen LogP contribution is -2.09. The second kappa shape index (κ2) is 6.48. The number of benzene rings is 2. The van der Waals surface area contributed by atoms with E-state index in [1.807, 2.05) is 31.2 Å². The average molecular weight is 334 g/mol. The zero-order chi connectivity index (χ0) is 14.5. The maximum absolute atomic E-state index is 13.1. The first kappa shape index (κ1) is 14.5. The second-order valence-electron chi connectivity index (χ2n) is 4.30. The molecule has 2 aromatic rings. The van der Waals surface area contributed by atoms with E-state index in [9.17, 15) is 9.18 Å². The van der Waals surface area contributed by atoms with Gasteiger partial charge in [0.2, 0.25) is 5.91 Å². The third-order valence-corrected chi connectivity index (χ3v) is 3.50. The average Bonchev–Trinajstić information content (AvgIpc) is 2.42. The minimum absolute atomic E-state index is 0.297. The Morgan fingerprint density at radius 2 is 2.00 bits per heavy atom. The van der Waals surface area contributed by atoms with Crippen molar-refractivity contribution in [2.45, 2.75) is 6.92 Å². The Balaban J connectivity index is 2.10. The van der Waals surface area contributed by atoms with Crippen molar-refractivity contribution in [1.29, 1.82) is 0 Å². The zero-order valence-electron chi connectivity index (χ0n) is 10.9. The normalized spacial score (nSPS) is 10.8. The van der Waals surface area contributed by atoms with E-state index in [0.29, 0.717) is 5.69 Å². The summed E-state index contributed by atoms with van der Waals surface area (Å²) in [6, 6.07) is 11.9. The molecule has 2 rings (SSSR count). The fourth-order valence-electron chi connectivity index (χ4n) is 1.68. The van der Waals surface area contributed by atoms with E-state index < -0.39 is 0 Å². The highest BCUT2D eigenvalue weighted by atomic mass is 79.9. The topological polar surface area (TPSA) is 29.1 Å². The Hall–Kier alpha value is -1.94. The van der Waals surface area contributed by atoms with E-state index in [0.717, 1.165) is 15.6 Å². The maximum atomic E-state index is 13.1. The molecule has 0 aliphatic rings. The molecule has 0 aliphatic carbocycles. The highest BCUT2D eigenvalue weighted by molar-refractivity contribution is 9.10. The Bertz CT molecular complexity index is 667. The van der Waals surface area contributed by atoms with Crippen molar-refractivity contribution in [1.82, 2.24) is 0 Å². The molecule has 0 radical (unpaired) electrons. The number of hydrogen-bond donors (Lipinski definition) is 1. The molecule has 0 unspecified atom stereocenters. The van der Waals surface area contributed by atoms with Crippen LogP contribution in [-0.4, -0.2) is 5.91 Å². The molecule has 0 spiro atoms. The minimum Gasteiger partial charge on any atom is -0.322 e. The van der Waals surface area contributed by atoms with Crippen molar-refractivity contribution >= 4 is 33.6 Å². The molecule has 0 fully saturated rings. The summed E-state index contributed by atoms with van der Waals surface area (Å²) in [6.07, 6.45) is 3.12. The molecule has 0 bridgehead atoms. The van der Waals surface area contributed by atoms with Gasteiger partial charge >= 0.3 is 0 Å². The molecule has 2 nitrogen and oxygen atoms in total. The van der Waals surface area contributed by atoms with Crippen molar-refractivity contribution in [2.75, 3.05) is 5.32 Å². The van der Waals surface area contributed by atoms with E-state index in [1.165, 1.54) is 18.2 Å². The van der Waals surface area contributed by atoms with E-state index in [-0.39, 0.29) is 11.7 Å². The lowest BCUT2D eigenvalue weighted by Gasteiger charge is -2.06. The molecule has 0 heterocycles. The van der Waals surface area contributed by atoms with Crippen LogP contribution in [0.3, 0.4) is 0 Å². The summed E-state index contributed by atoms with van der Waals surface area (Å²) >= 11 is 3.40. The largest absolute Gasteiger partial charge is 0.322 e. The summed E-state index contributed by atoms with van der Waals surface area (Å²) in [6.45, 7) is 1.81. The van der Waals surface area contributed by atoms with Crippen LogP contribution in [0, 0.1) is 12.7 Å².